The molecule has 2 rings (SSSR count). The van der Waals surface area contributed by atoms with Crippen LogP contribution < -0.4 is 0 Å². The third-order valence-electron chi connectivity index (χ3n) is 4.19. The molecule has 7 heteroatoms. The Labute approximate surface area is 141 Å². The fourth-order valence-corrected chi connectivity index (χ4v) is 3.18. The minimum Gasteiger partial charge on any atom is -0.508 e. The van der Waals surface area contributed by atoms with Gasteiger partial charge < -0.3 is 14.9 Å². The molecular weight excluding hydrogens is 312 g/mol. The molecule has 2 N–H and O–H groups in total. The molecule has 1 atom stereocenters. The molecule has 132 valence electrons. The van der Waals surface area contributed by atoms with E-state index in [-0.39, 0.29) is 19.0 Å². The van der Waals surface area contributed by atoms with Crippen LogP contribution in [0.3, 0.4) is 0 Å². The van der Waals surface area contributed by atoms with Crippen molar-refractivity contribution in [2.45, 2.75) is 19.4 Å². The van der Waals surface area contributed by atoms with Gasteiger partial charge in [-0.1, -0.05) is 18.2 Å². The first-order valence-electron chi connectivity index (χ1n) is 8.07. The molecule has 1 unspecified atom stereocenters. The molecule has 0 spiro atoms. The molecular formula is C17H24N2O5. The predicted octanol–water partition coefficient (Wildman–Crippen LogP) is 1.12. The van der Waals surface area contributed by atoms with E-state index in [2.05, 4.69) is 4.90 Å². The first-order valence-corrected chi connectivity index (χ1v) is 8.07. The van der Waals surface area contributed by atoms with Crippen molar-refractivity contribution >= 4 is 12.4 Å². The molecule has 1 aromatic carbocycles. The Morgan fingerprint density at radius 2 is 2.21 bits per heavy atom. The van der Waals surface area contributed by atoms with E-state index in [0.717, 1.165) is 31.5 Å². The largest absolute Gasteiger partial charge is 0.508 e. The van der Waals surface area contributed by atoms with Gasteiger partial charge in [-0.05, 0) is 24.8 Å². The normalized spacial score (nSPS) is 18.5. The Kier molecular flexibility index (Phi) is 7.02. The number of rotatable bonds is 9. The Morgan fingerprint density at radius 3 is 2.92 bits per heavy atom. The van der Waals surface area contributed by atoms with Crippen LogP contribution in [0.4, 0.5) is 0 Å². The monoisotopic (exact) mass is 336 g/mol. The standard InChI is InChI=1S/C17H24N2O5/c20-13-24-12-18-7-3-4-14(8-18)9-19(11-17(22)23)10-15-5-1-2-6-16(15)21/h1-2,5-6,13-14,21H,3-4,7-12H2,(H,22,23). The number of likely N-dealkylation sites (tertiary alicyclic amines) is 1. The van der Waals surface area contributed by atoms with Crippen LogP contribution in [0.5, 0.6) is 5.75 Å². The highest BCUT2D eigenvalue weighted by atomic mass is 16.5. The number of phenols is 1. The molecule has 1 heterocycles. The van der Waals surface area contributed by atoms with Gasteiger partial charge in [-0.25, -0.2) is 0 Å². The van der Waals surface area contributed by atoms with Gasteiger partial charge in [0.2, 0.25) is 0 Å². The van der Waals surface area contributed by atoms with Crippen LogP contribution in [0.25, 0.3) is 0 Å². The summed E-state index contributed by atoms with van der Waals surface area (Å²) < 4.78 is 4.81. The van der Waals surface area contributed by atoms with Crippen molar-refractivity contribution in [3.63, 3.8) is 0 Å². The van der Waals surface area contributed by atoms with E-state index in [0.29, 0.717) is 25.5 Å². The molecule has 0 aliphatic carbocycles. The lowest BCUT2D eigenvalue weighted by atomic mass is 9.97. The summed E-state index contributed by atoms with van der Waals surface area (Å²) in [7, 11) is 0. The van der Waals surface area contributed by atoms with Crippen LogP contribution in [0.2, 0.25) is 0 Å². The number of benzene rings is 1. The second-order valence-electron chi connectivity index (χ2n) is 6.17. The van der Waals surface area contributed by atoms with Crippen molar-refractivity contribution in [1.82, 2.24) is 9.80 Å². The van der Waals surface area contributed by atoms with Gasteiger partial charge in [0.05, 0.1) is 6.54 Å². The van der Waals surface area contributed by atoms with Crippen molar-refractivity contribution in [2.24, 2.45) is 5.92 Å². The van der Waals surface area contributed by atoms with Gasteiger partial charge >= 0.3 is 5.97 Å². The molecule has 1 aromatic rings. The first-order chi connectivity index (χ1) is 11.6. The van der Waals surface area contributed by atoms with Crippen molar-refractivity contribution in [3.8, 4) is 5.75 Å². The number of ether oxygens (including phenoxy) is 1. The van der Waals surface area contributed by atoms with Crippen LogP contribution in [-0.2, 0) is 20.9 Å². The highest BCUT2D eigenvalue weighted by molar-refractivity contribution is 5.69. The molecule has 0 bridgehead atoms. The maximum atomic E-state index is 11.2. The zero-order valence-electron chi connectivity index (χ0n) is 13.6. The number of para-hydroxylation sites is 1. The Hall–Kier alpha value is -2.12. The number of carboxylic acid groups (broad SMARTS) is 1. The third-order valence-corrected chi connectivity index (χ3v) is 4.19. The maximum Gasteiger partial charge on any atom is 0.317 e. The molecule has 1 aliphatic heterocycles. The minimum absolute atomic E-state index is 0.0737. The number of carbonyl (C=O) groups is 2. The summed E-state index contributed by atoms with van der Waals surface area (Å²) in [6.45, 7) is 3.30. The zero-order valence-corrected chi connectivity index (χ0v) is 13.6. The number of nitrogens with zero attached hydrogens (tertiary/aromatic N) is 2. The number of phenolic OH excluding ortho intramolecular Hbond substituents is 1. The number of carboxylic acids is 1. The summed E-state index contributed by atoms with van der Waals surface area (Å²) in [5.74, 6) is -0.404. The van der Waals surface area contributed by atoms with E-state index in [1.54, 1.807) is 18.2 Å². The lowest BCUT2D eigenvalue weighted by Crippen LogP contribution is -2.42. The van der Waals surface area contributed by atoms with Crippen LogP contribution in [0.1, 0.15) is 18.4 Å². The Bertz CT molecular complexity index is 552. The van der Waals surface area contributed by atoms with Crippen molar-refractivity contribution in [1.29, 1.82) is 0 Å². The predicted molar refractivity (Wildman–Crippen MR) is 87.3 cm³/mol. The van der Waals surface area contributed by atoms with E-state index in [1.807, 2.05) is 11.0 Å². The van der Waals surface area contributed by atoms with E-state index in [9.17, 15) is 14.7 Å². The summed E-state index contributed by atoms with van der Waals surface area (Å²) in [6.07, 6.45) is 2.00. The molecule has 0 aromatic heterocycles. The Balaban J connectivity index is 1.96. The van der Waals surface area contributed by atoms with Crippen LogP contribution in [0.15, 0.2) is 24.3 Å². The quantitative estimate of drug-likeness (QED) is 0.653. The summed E-state index contributed by atoms with van der Waals surface area (Å²) >= 11 is 0. The lowest BCUT2D eigenvalue weighted by molar-refractivity contribution is -0.139. The van der Waals surface area contributed by atoms with Crippen molar-refractivity contribution < 1.29 is 24.5 Å². The van der Waals surface area contributed by atoms with Gasteiger partial charge in [-0.2, -0.15) is 0 Å². The molecule has 24 heavy (non-hydrogen) atoms. The second-order valence-corrected chi connectivity index (χ2v) is 6.17. The van der Waals surface area contributed by atoms with Gasteiger partial charge in [0, 0.05) is 31.7 Å². The summed E-state index contributed by atoms with van der Waals surface area (Å²) in [5.41, 5.74) is 0.718. The zero-order chi connectivity index (χ0) is 17.4. The Morgan fingerprint density at radius 1 is 1.42 bits per heavy atom. The summed E-state index contributed by atoms with van der Waals surface area (Å²) in [6, 6.07) is 6.97. The minimum atomic E-state index is -0.887. The fourth-order valence-electron chi connectivity index (χ4n) is 3.18. The summed E-state index contributed by atoms with van der Waals surface area (Å²) in [5, 5.41) is 19.1. The first kappa shape index (κ1) is 18.2. The molecule has 7 nitrogen and oxygen atoms in total. The number of piperidine rings is 1. The second kappa shape index (κ2) is 9.24. The highest BCUT2D eigenvalue weighted by Gasteiger charge is 2.23. The van der Waals surface area contributed by atoms with E-state index < -0.39 is 5.97 Å². The average Bonchev–Trinajstić information content (AvgIpc) is 2.55. The lowest BCUT2D eigenvalue weighted by Gasteiger charge is -2.34. The molecule has 1 fully saturated rings. The van der Waals surface area contributed by atoms with Gasteiger partial charge in [-0.15, -0.1) is 0 Å². The topological polar surface area (TPSA) is 90.3 Å². The van der Waals surface area contributed by atoms with Crippen LogP contribution >= 0.6 is 0 Å². The molecule has 1 aliphatic rings. The smallest absolute Gasteiger partial charge is 0.317 e. The SMILES string of the molecule is O=COCN1CCCC(CN(CC(=O)O)Cc2ccccc2O)C1. The molecule has 1 saturated heterocycles. The molecule has 0 radical (unpaired) electrons. The van der Waals surface area contributed by atoms with Crippen LogP contribution in [-0.4, -0.2) is 65.4 Å². The van der Waals surface area contributed by atoms with Crippen molar-refractivity contribution in [2.75, 3.05) is 32.9 Å². The van der Waals surface area contributed by atoms with E-state index in [4.69, 9.17) is 9.84 Å². The molecule has 0 amide bonds. The number of hydrogen-bond acceptors (Lipinski definition) is 6. The van der Waals surface area contributed by atoms with Crippen molar-refractivity contribution in [3.05, 3.63) is 29.8 Å². The van der Waals surface area contributed by atoms with E-state index >= 15 is 0 Å². The number of aromatic hydroxyl groups is 1. The van der Waals surface area contributed by atoms with E-state index in [1.165, 1.54) is 0 Å². The highest BCUT2D eigenvalue weighted by Crippen LogP contribution is 2.21. The fraction of sp³-hybridized carbons (Fsp3) is 0.529. The van der Waals surface area contributed by atoms with Gasteiger partial charge in [0.1, 0.15) is 12.5 Å². The van der Waals surface area contributed by atoms with Gasteiger partial charge in [-0.3, -0.25) is 19.4 Å². The van der Waals surface area contributed by atoms with Gasteiger partial charge in [0.15, 0.2) is 0 Å². The van der Waals surface area contributed by atoms with Crippen LogP contribution in [0, 0.1) is 5.92 Å². The average molecular weight is 336 g/mol. The summed E-state index contributed by atoms with van der Waals surface area (Å²) in [4.78, 5) is 25.4. The number of hydrogen-bond donors (Lipinski definition) is 2. The number of aliphatic carboxylic acids is 1. The van der Waals surface area contributed by atoms with Gasteiger partial charge in [0.25, 0.3) is 6.47 Å². The number of carbonyl (C=O) groups excluding carboxylic acids is 1. The molecule has 0 saturated carbocycles. The third kappa shape index (κ3) is 5.82. The maximum absolute atomic E-state index is 11.2.